The Morgan fingerprint density at radius 1 is 1.11 bits per heavy atom. The average Bonchev–Trinajstić information content (AvgIpc) is 2.60. The van der Waals surface area contributed by atoms with Crippen molar-refractivity contribution in [3.63, 3.8) is 0 Å². The average molecular weight is 594 g/mol. The van der Waals surface area contributed by atoms with Gasteiger partial charge in [0.25, 0.3) is 0 Å². The Bertz CT molecular complexity index is 565. The molecule has 0 spiro atoms. The predicted molar refractivity (Wildman–Crippen MR) is 137 cm³/mol. The zero-order valence-corrected chi connectivity index (χ0v) is 22.4. The highest BCUT2D eigenvalue weighted by Gasteiger charge is 2.52. The fourth-order valence-corrected chi connectivity index (χ4v) is 8.48. The lowest BCUT2D eigenvalue weighted by Crippen LogP contribution is -2.50. The molecule has 3 aliphatic rings. The van der Waals surface area contributed by atoms with Gasteiger partial charge >= 0.3 is 0 Å². The van der Waals surface area contributed by atoms with Crippen molar-refractivity contribution in [2.45, 2.75) is 87.4 Å². The van der Waals surface area contributed by atoms with Crippen LogP contribution in [0.25, 0.3) is 0 Å². The Labute approximate surface area is 196 Å². The second kappa shape index (κ2) is 8.98. The van der Waals surface area contributed by atoms with Crippen molar-refractivity contribution in [2.75, 3.05) is 0 Å². The first-order valence-corrected chi connectivity index (χ1v) is 13.5. The molecular formula is C25H40I2. The van der Waals surface area contributed by atoms with Gasteiger partial charge in [-0.3, -0.25) is 0 Å². The molecule has 154 valence electrons. The lowest BCUT2D eigenvalue weighted by molar-refractivity contribution is -0.0152. The Kier molecular flexibility index (Phi) is 7.52. The van der Waals surface area contributed by atoms with Crippen molar-refractivity contribution >= 4 is 45.2 Å². The summed E-state index contributed by atoms with van der Waals surface area (Å²) in [6.07, 6.45) is 18.9. The molecule has 3 rings (SSSR count). The van der Waals surface area contributed by atoms with Gasteiger partial charge < -0.3 is 0 Å². The molecule has 27 heavy (non-hydrogen) atoms. The van der Waals surface area contributed by atoms with Crippen LogP contribution >= 0.6 is 45.2 Å². The first-order valence-electron chi connectivity index (χ1n) is 11.4. The molecule has 4 unspecified atom stereocenters. The number of allylic oxidation sites excluding steroid dienone is 4. The summed E-state index contributed by atoms with van der Waals surface area (Å²) in [6, 6.07) is 0. The second-order valence-electron chi connectivity index (χ2n) is 10.6. The standard InChI is InChI=1S/C25H40I2/c1-17-11-13-19(14-12-17)15-21-18(2)24(3,4)23(25(5,26)27)16-22(21)20-9-7-6-8-10-20/h9,11,13,17-19,21-23H,6-8,10,12,14-16H2,1-5H3/t17-,18+,19?,21?,22?,23?/m1/s1. The number of rotatable bonds is 4. The van der Waals surface area contributed by atoms with Gasteiger partial charge in [-0.2, -0.15) is 0 Å². The van der Waals surface area contributed by atoms with Gasteiger partial charge in [0.2, 0.25) is 0 Å². The fourth-order valence-electron chi connectivity index (χ4n) is 6.37. The molecule has 1 saturated carbocycles. The highest BCUT2D eigenvalue weighted by atomic mass is 127. The summed E-state index contributed by atoms with van der Waals surface area (Å²) < 4.78 is 0.339. The quantitative estimate of drug-likeness (QED) is 0.173. The van der Waals surface area contributed by atoms with E-state index >= 15 is 0 Å². The molecule has 0 amide bonds. The molecule has 0 bridgehead atoms. The molecule has 0 saturated heterocycles. The molecule has 3 aliphatic carbocycles. The summed E-state index contributed by atoms with van der Waals surface area (Å²) in [5.74, 6) is 4.88. The Morgan fingerprint density at radius 3 is 2.41 bits per heavy atom. The van der Waals surface area contributed by atoms with Crippen LogP contribution in [0.5, 0.6) is 0 Å². The SMILES string of the molecule is C[C@@H]1C=CC(CC2C(C3=CCCCC3)CC(C(C)(I)I)C(C)(C)[C@H]2C)CC1. The van der Waals surface area contributed by atoms with E-state index in [1.54, 1.807) is 0 Å². The van der Waals surface area contributed by atoms with Crippen LogP contribution < -0.4 is 0 Å². The summed E-state index contributed by atoms with van der Waals surface area (Å²) >= 11 is 5.47. The first-order chi connectivity index (χ1) is 12.6. The van der Waals surface area contributed by atoms with E-state index in [-0.39, 0.29) is 0 Å². The minimum Gasteiger partial charge on any atom is -0.0854 e. The van der Waals surface area contributed by atoms with Crippen molar-refractivity contribution in [1.29, 1.82) is 0 Å². The lowest BCUT2D eigenvalue weighted by Gasteiger charge is -2.56. The van der Waals surface area contributed by atoms with Crippen LogP contribution in [-0.4, -0.2) is 1.43 Å². The van der Waals surface area contributed by atoms with E-state index < -0.39 is 0 Å². The highest BCUT2D eigenvalue weighted by molar-refractivity contribution is 14.2. The number of alkyl halides is 2. The third kappa shape index (κ3) is 5.17. The van der Waals surface area contributed by atoms with Crippen LogP contribution in [0, 0.1) is 40.9 Å². The van der Waals surface area contributed by atoms with Gasteiger partial charge in [0.05, 0.1) is 1.43 Å². The van der Waals surface area contributed by atoms with E-state index in [9.17, 15) is 0 Å². The molecule has 0 aromatic rings. The van der Waals surface area contributed by atoms with E-state index in [1.807, 2.05) is 5.57 Å². The van der Waals surface area contributed by atoms with Gasteiger partial charge in [0.15, 0.2) is 0 Å². The van der Waals surface area contributed by atoms with Gasteiger partial charge in [-0.25, -0.2) is 0 Å². The molecule has 0 N–H and O–H groups in total. The van der Waals surface area contributed by atoms with Crippen molar-refractivity contribution in [3.05, 3.63) is 23.8 Å². The maximum absolute atomic E-state index is 2.73. The predicted octanol–water partition coefficient (Wildman–Crippen LogP) is 8.98. The zero-order valence-electron chi connectivity index (χ0n) is 18.1. The molecule has 1 fully saturated rings. The smallest absolute Gasteiger partial charge is 0.0740 e. The van der Waals surface area contributed by atoms with Crippen LogP contribution in [0.3, 0.4) is 0 Å². The Balaban J connectivity index is 1.89. The lowest BCUT2D eigenvalue weighted by atomic mass is 9.52. The van der Waals surface area contributed by atoms with E-state index in [4.69, 9.17) is 0 Å². The zero-order chi connectivity index (χ0) is 19.8. The van der Waals surface area contributed by atoms with Gasteiger partial charge in [0, 0.05) is 0 Å². The molecule has 0 nitrogen and oxygen atoms in total. The van der Waals surface area contributed by atoms with Gasteiger partial charge in [0.1, 0.15) is 0 Å². The Morgan fingerprint density at radius 2 is 1.85 bits per heavy atom. The first kappa shape index (κ1) is 22.6. The van der Waals surface area contributed by atoms with Gasteiger partial charge in [-0.15, -0.1) is 0 Å². The number of halogens is 2. The maximum Gasteiger partial charge on any atom is 0.0740 e. The largest absolute Gasteiger partial charge is 0.0854 e. The summed E-state index contributed by atoms with van der Waals surface area (Å²) in [5, 5.41) is 0. The summed E-state index contributed by atoms with van der Waals surface area (Å²) in [7, 11) is 0. The van der Waals surface area contributed by atoms with Crippen LogP contribution in [0.1, 0.15) is 86.0 Å². The second-order valence-corrected chi connectivity index (χ2v) is 17.1. The molecule has 0 aliphatic heterocycles. The molecule has 2 heteroatoms. The molecule has 0 heterocycles. The number of hydrogen-bond acceptors (Lipinski definition) is 0. The molecule has 0 radical (unpaired) electrons. The summed E-state index contributed by atoms with van der Waals surface area (Å²) in [4.78, 5) is 0. The van der Waals surface area contributed by atoms with E-state index in [0.717, 1.165) is 35.5 Å². The Hall–Kier alpha value is 0.940. The normalized spacial score (nSPS) is 39.9. The molecular weight excluding hydrogens is 554 g/mol. The molecule has 6 atom stereocenters. The minimum absolute atomic E-state index is 0.339. The molecule has 0 aromatic heterocycles. The van der Waals surface area contributed by atoms with Crippen LogP contribution in [0.4, 0.5) is 0 Å². The van der Waals surface area contributed by atoms with Crippen molar-refractivity contribution in [3.8, 4) is 0 Å². The fraction of sp³-hybridized carbons (Fsp3) is 0.840. The van der Waals surface area contributed by atoms with Crippen LogP contribution in [0.2, 0.25) is 0 Å². The van der Waals surface area contributed by atoms with Crippen molar-refractivity contribution in [1.82, 2.24) is 0 Å². The summed E-state index contributed by atoms with van der Waals surface area (Å²) in [6.45, 7) is 12.6. The highest BCUT2D eigenvalue weighted by Crippen LogP contribution is 2.60. The minimum atomic E-state index is 0.339. The van der Waals surface area contributed by atoms with Crippen molar-refractivity contribution < 1.29 is 0 Å². The third-order valence-electron chi connectivity index (χ3n) is 8.41. The van der Waals surface area contributed by atoms with Crippen molar-refractivity contribution in [2.24, 2.45) is 40.9 Å². The van der Waals surface area contributed by atoms with Crippen LogP contribution in [-0.2, 0) is 0 Å². The van der Waals surface area contributed by atoms with E-state index in [1.165, 1.54) is 51.4 Å². The van der Waals surface area contributed by atoms with E-state index in [0.29, 0.717) is 6.84 Å². The number of hydrogen-bond donors (Lipinski definition) is 0. The summed E-state index contributed by atoms with van der Waals surface area (Å²) in [5.41, 5.74) is 2.25. The van der Waals surface area contributed by atoms with Gasteiger partial charge in [-0.05, 0) is 99.2 Å². The van der Waals surface area contributed by atoms with E-state index in [2.05, 4.69) is 98.0 Å². The van der Waals surface area contributed by atoms with Gasteiger partial charge in [-0.1, -0.05) is 96.7 Å². The maximum atomic E-state index is 2.73. The molecule has 0 aromatic carbocycles. The van der Waals surface area contributed by atoms with Crippen LogP contribution in [0.15, 0.2) is 23.8 Å². The third-order valence-corrected chi connectivity index (χ3v) is 9.92. The monoisotopic (exact) mass is 594 g/mol. The topological polar surface area (TPSA) is 0 Å².